The number of hydrogen-bond acceptors (Lipinski definition) is 9. The number of nitrogens with zero attached hydrogens (tertiary/aromatic N) is 2. The summed E-state index contributed by atoms with van der Waals surface area (Å²) >= 11 is 0. The number of alkyl carbamates (subject to hydrolysis) is 1. The minimum Gasteiger partial charge on any atom is -0.489 e. The number of amides is 4. The van der Waals surface area contributed by atoms with Crippen LogP contribution in [0.2, 0.25) is 0 Å². The van der Waals surface area contributed by atoms with E-state index >= 15 is 4.79 Å². The van der Waals surface area contributed by atoms with E-state index in [0.717, 1.165) is 29.5 Å². The molecule has 0 radical (unpaired) electrons. The molecule has 0 saturated carbocycles. The normalized spacial score (nSPS) is 13.8. The van der Waals surface area contributed by atoms with E-state index in [4.69, 9.17) is 9.47 Å². The summed E-state index contributed by atoms with van der Waals surface area (Å²) in [6.45, 7) is 13.7. The Morgan fingerprint density at radius 1 is 0.747 bits per heavy atom. The average molecular weight is 1050 g/mol. The second-order valence-electron chi connectivity index (χ2n) is 20.8. The van der Waals surface area contributed by atoms with Crippen molar-refractivity contribution in [2.75, 3.05) is 33.4 Å². The third kappa shape index (κ3) is 21.4. The first kappa shape index (κ1) is 61.1. The van der Waals surface area contributed by atoms with Gasteiger partial charge in [0.25, 0.3) is 0 Å². The summed E-state index contributed by atoms with van der Waals surface area (Å²) in [5.41, 5.74) is 1.61. The van der Waals surface area contributed by atoms with E-state index in [0.29, 0.717) is 42.9 Å². The molecule has 0 aromatic heterocycles. The fraction of sp³-hybridized carbons (Fsp3) is 0.500. The summed E-state index contributed by atoms with van der Waals surface area (Å²) in [6.07, 6.45) is -2.48. The van der Waals surface area contributed by atoms with E-state index in [-0.39, 0.29) is 57.8 Å². The van der Waals surface area contributed by atoms with E-state index in [2.05, 4.69) is 16.0 Å². The third-order valence-corrected chi connectivity index (χ3v) is 12.7. The Kier molecular flexibility index (Phi) is 24.1. The minimum absolute atomic E-state index is 0.0295. The van der Waals surface area contributed by atoms with Crippen LogP contribution in [0, 0.1) is 12.8 Å². The maximum Gasteiger partial charge on any atom is 0.471 e. The van der Waals surface area contributed by atoms with E-state index in [9.17, 15) is 37.5 Å². The van der Waals surface area contributed by atoms with Crippen LogP contribution in [0.3, 0.4) is 0 Å². The number of unbranched alkanes of at least 4 members (excludes halogenated alkanes) is 3. The van der Waals surface area contributed by atoms with Crippen LogP contribution in [0.4, 0.5) is 18.0 Å². The van der Waals surface area contributed by atoms with Gasteiger partial charge in [0.1, 0.15) is 29.5 Å². The second-order valence-corrected chi connectivity index (χ2v) is 20.8. The molecule has 4 aromatic carbocycles. The summed E-state index contributed by atoms with van der Waals surface area (Å²) < 4.78 is 51.7. The number of carboxylic acids is 1. The number of nitrogens with one attached hydrogen (secondary N) is 4. The number of ether oxygens (including phenoxy) is 2. The lowest BCUT2D eigenvalue weighted by atomic mass is 9.85. The van der Waals surface area contributed by atoms with Gasteiger partial charge in [0.15, 0.2) is 0 Å². The predicted molar refractivity (Wildman–Crippen MR) is 285 cm³/mol. The lowest BCUT2D eigenvalue weighted by Crippen LogP contribution is -2.62. The Morgan fingerprint density at radius 2 is 1.37 bits per heavy atom. The Labute approximate surface area is 441 Å². The molecule has 75 heavy (non-hydrogen) atoms. The Balaban J connectivity index is 1.68. The molecule has 14 nitrogen and oxygen atoms in total. The highest BCUT2D eigenvalue weighted by molar-refractivity contribution is 5.93. The number of aryl methyl sites for hydroxylation is 1. The number of carboxylic acid groups (broad SMARTS) is 1. The van der Waals surface area contributed by atoms with E-state index in [1.807, 2.05) is 92.5 Å². The molecule has 0 heterocycles. The average Bonchev–Trinajstić information content (AvgIpc) is 3.34. The molecule has 0 saturated heterocycles. The van der Waals surface area contributed by atoms with Crippen molar-refractivity contribution in [3.63, 3.8) is 0 Å². The molecule has 4 amide bonds. The van der Waals surface area contributed by atoms with Gasteiger partial charge in [-0.2, -0.15) is 13.2 Å². The maximum absolute atomic E-state index is 15.1. The van der Waals surface area contributed by atoms with Crippen LogP contribution in [-0.2, 0) is 43.4 Å². The number of rotatable bonds is 30. The summed E-state index contributed by atoms with van der Waals surface area (Å²) in [5, 5.41) is 21.9. The highest BCUT2D eigenvalue weighted by Crippen LogP contribution is 2.26. The monoisotopic (exact) mass is 1040 g/mol. The molecule has 1 unspecified atom stereocenters. The molecule has 17 heteroatoms. The zero-order chi connectivity index (χ0) is 55.2. The third-order valence-electron chi connectivity index (χ3n) is 12.7. The summed E-state index contributed by atoms with van der Waals surface area (Å²) in [6, 6.07) is 30.3. The molecule has 0 spiro atoms. The largest absolute Gasteiger partial charge is 0.489 e. The first-order valence-electron chi connectivity index (χ1n) is 26.0. The molecule has 0 aliphatic carbocycles. The van der Waals surface area contributed by atoms with Crippen LogP contribution in [0.15, 0.2) is 109 Å². The van der Waals surface area contributed by atoms with Gasteiger partial charge >= 0.3 is 24.1 Å². The molecule has 4 atom stereocenters. The predicted octanol–water partition coefficient (Wildman–Crippen LogP) is 9.69. The zero-order valence-electron chi connectivity index (χ0n) is 44.9. The topological polar surface area (TPSA) is 179 Å². The molecule has 410 valence electrons. The maximum atomic E-state index is 15.1. The molecule has 4 rings (SSSR count). The van der Waals surface area contributed by atoms with E-state index < -0.39 is 65.2 Å². The first-order chi connectivity index (χ1) is 35.5. The van der Waals surface area contributed by atoms with Crippen molar-refractivity contribution in [1.29, 1.82) is 0 Å². The minimum atomic E-state index is -5.09. The number of halogens is 3. The van der Waals surface area contributed by atoms with Crippen molar-refractivity contribution >= 4 is 29.8 Å². The standard InChI is InChI=1S/C58H79F3N6O8/c1-9-10-19-34-67(40-66(8)50(46-22-15-12-16-23-46)38-63-53(70)58(59,60)61)49(36-43-20-13-11-14-21-43)52(69)64-48(35-41(2)3)51(68)65-57(54(71)72,32-17-18-33-62-55(73)75-56(5,6)7)37-44-28-30-47(31-29-44)74-39-45-26-24-42(4)25-27-45/h11-16,20-31,41,48-50H,9-10,17-19,32-40H2,1-8H3,(H,62,73)(H,63,70)(H,64,69)(H,65,68)(H,71,72)/t48-,49-,50?,57-/m1/s1. The van der Waals surface area contributed by atoms with Crippen molar-refractivity contribution in [2.24, 2.45) is 5.92 Å². The van der Waals surface area contributed by atoms with Crippen molar-refractivity contribution in [1.82, 2.24) is 31.1 Å². The van der Waals surface area contributed by atoms with Crippen molar-refractivity contribution < 1.29 is 51.7 Å². The van der Waals surface area contributed by atoms with Gasteiger partial charge in [0.05, 0.1) is 18.8 Å². The number of benzene rings is 4. The number of hydrogen-bond donors (Lipinski definition) is 5. The van der Waals surface area contributed by atoms with Crippen LogP contribution >= 0.6 is 0 Å². The highest BCUT2D eigenvalue weighted by Gasteiger charge is 2.43. The van der Waals surface area contributed by atoms with Gasteiger partial charge < -0.3 is 35.8 Å². The van der Waals surface area contributed by atoms with Crippen molar-refractivity contribution in [2.45, 2.75) is 148 Å². The quantitative estimate of drug-likeness (QED) is 0.0250. The number of likely N-dealkylation sites (N-methyl/N-ethyl adjacent to an activating group) is 1. The fourth-order valence-electron chi connectivity index (χ4n) is 8.68. The lowest BCUT2D eigenvalue weighted by molar-refractivity contribution is -0.173. The lowest BCUT2D eigenvalue weighted by Gasteiger charge is -2.38. The van der Waals surface area contributed by atoms with Crippen LogP contribution in [0.5, 0.6) is 5.75 Å². The van der Waals surface area contributed by atoms with Gasteiger partial charge in [0.2, 0.25) is 11.8 Å². The van der Waals surface area contributed by atoms with Crippen LogP contribution in [0.25, 0.3) is 0 Å². The smallest absolute Gasteiger partial charge is 0.471 e. The Morgan fingerprint density at radius 3 is 1.96 bits per heavy atom. The number of alkyl halides is 3. The Hall–Kier alpha value is -6.46. The first-order valence-corrected chi connectivity index (χ1v) is 26.0. The molecular formula is C58H79F3N6O8. The van der Waals surface area contributed by atoms with E-state index in [1.54, 1.807) is 87.3 Å². The number of carbonyl (C=O) groups excluding carboxylic acids is 4. The Bertz CT molecular complexity index is 2380. The van der Waals surface area contributed by atoms with Crippen LogP contribution in [0.1, 0.15) is 120 Å². The van der Waals surface area contributed by atoms with Gasteiger partial charge in [-0.25, -0.2) is 9.59 Å². The summed E-state index contributed by atoms with van der Waals surface area (Å²) in [5.74, 6) is -4.10. The molecular weight excluding hydrogens is 966 g/mol. The molecule has 0 bridgehead atoms. The van der Waals surface area contributed by atoms with E-state index in [1.165, 1.54) is 0 Å². The number of carbonyl (C=O) groups is 5. The van der Waals surface area contributed by atoms with Crippen molar-refractivity contribution in [3.8, 4) is 5.75 Å². The summed E-state index contributed by atoms with van der Waals surface area (Å²) in [4.78, 5) is 72.0. The molecule has 0 fully saturated rings. The molecule has 5 N–H and O–H groups in total. The fourth-order valence-corrected chi connectivity index (χ4v) is 8.68. The SMILES string of the molecule is CCCCCN(CN(C)C(CNC(=O)C(F)(F)F)c1ccccc1)[C@H](Cc1ccccc1)C(=O)N[C@H](CC(C)C)C(=O)N[C@](CCCCNC(=O)OC(C)(C)C)(Cc1ccc(OCc2ccc(C)cc2)cc1)C(=O)O. The van der Waals surface area contributed by atoms with Gasteiger partial charge in [-0.1, -0.05) is 136 Å². The van der Waals surface area contributed by atoms with Gasteiger partial charge in [-0.05, 0) is 114 Å². The van der Waals surface area contributed by atoms with Gasteiger partial charge in [-0.3, -0.25) is 24.2 Å². The zero-order valence-corrected chi connectivity index (χ0v) is 44.9. The molecule has 0 aliphatic heterocycles. The highest BCUT2D eigenvalue weighted by atomic mass is 19.4. The van der Waals surface area contributed by atoms with Crippen LogP contribution < -0.4 is 26.0 Å². The van der Waals surface area contributed by atoms with Crippen LogP contribution in [-0.4, -0.2) is 107 Å². The molecule has 0 aliphatic rings. The van der Waals surface area contributed by atoms with Crippen molar-refractivity contribution in [3.05, 3.63) is 137 Å². The number of aliphatic carboxylic acids is 1. The van der Waals surface area contributed by atoms with Gasteiger partial charge in [-0.15, -0.1) is 0 Å². The summed E-state index contributed by atoms with van der Waals surface area (Å²) in [7, 11) is 1.72. The second kappa shape index (κ2) is 29.6. The van der Waals surface area contributed by atoms with Gasteiger partial charge in [0, 0.05) is 26.1 Å². The molecule has 4 aromatic rings.